The maximum atomic E-state index is 11.3. The van der Waals surface area contributed by atoms with Gasteiger partial charge in [-0.1, -0.05) is 26.0 Å². The van der Waals surface area contributed by atoms with Crippen molar-refractivity contribution in [1.29, 1.82) is 0 Å². The van der Waals surface area contributed by atoms with E-state index in [1.54, 1.807) is 0 Å². The Balaban J connectivity index is 1.98. The van der Waals surface area contributed by atoms with Gasteiger partial charge in [0.25, 0.3) is 0 Å². The number of hydrogen-bond acceptors (Lipinski definition) is 2. The van der Waals surface area contributed by atoms with Gasteiger partial charge in [-0.15, -0.1) is 0 Å². The number of carbonyl (C=O) groups is 1. The van der Waals surface area contributed by atoms with Crippen LogP contribution in [0.15, 0.2) is 28.9 Å². The lowest BCUT2D eigenvalue weighted by Crippen LogP contribution is -2.13. The Bertz CT molecular complexity index is 614. The summed E-state index contributed by atoms with van der Waals surface area (Å²) in [5, 5.41) is 5.15. The van der Waals surface area contributed by atoms with Gasteiger partial charge in [-0.05, 0) is 24.0 Å². The fourth-order valence-corrected chi connectivity index (χ4v) is 2.74. The van der Waals surface area contributed by atoms with E-state index in [2.05, 4.69) is 37.4 Å². The minimum Gasteiger partial charge on any atom is -0.468 e. The molecule has 2 heterocycles. The van der Waals surface area contributed by atoms with Crippen LogP contribution in [0.25, 0.3) is 10.8 Å². The predicted molar refractivity (Wildman–Crippen MR) is 75.3 cm³/mol. The third-order valence-corrected chi connectivity index (χ3v) is 4.18. The van der Waals surface area contributed by atoms with E-state index in [-0.39, 0.29) is 11.8 Å². The van der Waals surface area contributed by atoms with Crippen LogP contribution in [0.3, 0.4) is 0 Å². The molecule has 2 unspecified atom stereocenters. The van der Waals surface area contributed by atoms with Crippen LogP contribution in [0, 0.1) is 0 Å². The van der Waals surface area contributed by atoms with Crippen LogP contribution in [0.5, 0.6) is 0 Å². The summed E-state index contributed by atoms with van der Waals surface area (Å²) in [4.78, 5) is 11.3. The monoisotopic (exact) mass is 257 g/mol. The van der Waals surface area contributed by atoms with Crippen molar-refractivity contribution in [3.05, 3.63) is 35.8 Å². The summed E-state index contributed by atoms with van der Waals surface area (Å²) in [6.07, 6.45) is 3.49. The molecule has 2 atom stereocenters. The molecule has 1 aromatic heterocycles. The van der Waals surface area contributed by atoms with Gasteiger partial charge in [-0.3, -0.25) is 4.79 Å². The Morgan fingerprint density at radius 2 is 2.32 bits per heavy atom. The van der Waals surface area contributed by atoms with Crippen molar-refractivity contribution < 1.29 is 9.21 Å². The van der Waals surface area contributed by atoms with E-state index in [0.717, 1.165) is 23.0 Å². The molecule has 0 saturated carbocycles. The lowest BCUT2D eigenvalue weighted by atomic mass is 9.95. The maximum absolute atomic E-state index is 11.3. The smallest absolute Gasteiger partial charge is 0.220 e. The first kappa shape index (κ1) is 12.3. The van der Waals surface area contributed by atoms with Crippen molar-refractivity contribution in [3.8, 4) is 0 Å². The fourth-order valence-electron chi connectivity index (χ4n) is 2.74. The Labute approximate surface area is 113 Å². The summed E-state index contributed by atoms with van der Waals surface area (Å²) >= 11 is 0. The van der Waals surface area contributed by atoms with Crippen LogP contribution < -0.4 is 5.32 Å². The quantitative estimate of drug-likeness (QED) is 0.913. The van der Waals surface area contributed by atoms with Crippen LogP contribution in [0.1, 0.15) is 49.8 Å². The maximum Gasteiger partial charge on any atom is 0.220 e. The van der Waals surface area contributed by atoms with Gasteiger partial charge in [0.15, 0.2) is 0 Å². The first-order valence-electron chi connectivity index (χ1n) is 6.96. The minimum absolute atomic E-state index is 0.116. The molecule has 3 nitrogen and oxygen atoms in total. The number of furan rings is 1. The van der Waals surface area contributed by atoms with E-state index < -0.39 is 0 Å². The molecule has 0 bridgehead atoms. The van der Waals surface area contributed by atoms with E-state index in [0.29, 0.717) is 18.9 Å². The van der Waals surface area contributed by atoms with Crippen molar-refractivity contribution in [2.75, 3.05) is 6.54 Å². The van der Waals surface area contributed by atoms with Crippen molar-refractivity contribution in [1.82, 2.24) is 5.32 Å². The van der Waals surface area contributed by atoms with Crippen LogP contribution in [0.4, 0.5) is 0 Å². The number of amides is 1. The second kappa shape index (κ2) is 4.72. The van der Waals surface area contributed by atoms with Gasteiger partial charge in [-0.25, -0.2) is 0 Å². The minimum atomic E-state index is 0.116. The topological polar surface area (TPSA) is 42.2 Å². The highest BCUT2D eigenvalue weighted by Crippen LogP contribution is 2.33. The third-order valence-electron chi connectivity index (χ3n) is 4.18. The lowest BCUT2D eigenvalue weighted by molar-refractivity contribution is -0.119. The molecule has 1 aliphatic rings. The molecule has 1 fully saturated rings. The van der Waals surface area contributed by atoms with E-state index >= 15 is 0 Å². The highest BCUT2D eigenvalue weighted by Gasteiger charge is 2.27. The number of hydrogen-bond donors (Lipinski definition) is 1. The van der Waals surface area contributed by atoms with Gasteiger partial charge in [0, 0.05) is 29.7 Å². The summed E-state index contributed by atoms with van der Waals surface area (Å²) in [7, 11) is 0. The van der Waals surface area contributed by atoms with Gasteiger partial charge >= 0.3 is 0 Å². The van der Waals surface area contributed by atoms with Crippen LogP contribution in [-0.4, -0.2) is 12.5 Å². The van der Waals surface area contributed by atoms with E-state index in [1.165, 1.54) is 5.56 Å². The molecule has 1 saturated heterocycles. The first-order chi connectivity index (χ1) is 9.19. The van der Waals surface area contributed by atoms with Gasteiger partial charge < -0.3 is 9.73 Å². The number of fused-ring (bicyclic) bond motifs is 1. The highest BCUT2D eigenvalue weighted by molar-refractivity contribution is 5.87. The van der Waals surface area contributed by atoms with Gasteiger partial charge in [0.2, 0.25) is 5.91 Å². The SMILES string of the molecule is CCC(C)c1ccc2c(C3CNC(=O)C3)occ2c1. The van der Waals surface area contributed by atoms with Crippen molar-refractivity contribution in [2.45, 2.75) is 38.5 Å². The van der Waals surface area contributed by atoms with E-state index in [1.807, 2.05) is 6.26 Å². The molecule has 100 valence electrons. The molecule has 3 rings (SSSR count). The Morgan fingerprint density at radius 1 is 1.47 bits per heavy atom. The number of rotatable bonds is 3. The van der Waals surface area contributed by atoms with Gasteiger partial charge in [0.1, 0.15) is 5.76 Å². The summed E-state index contributed by atoms with van der Waals surface area (Å²) in [6.45, 7) is 5.13. The molecule has 3 heteroatoms. The zero-order chi connectivity index (χ0) is 13.4. The molecule has 1 aromatic carbocycles. The number of carbonyl (C=O) groups excluding carboxylic acids is 1. The Kier molecular flexibility index (Phi) is 3.05. The summed E-state index contributed by atoms with van der Waals surface area (Å²) < 4.78 is 5.72. The molecule has 19 heavy (non-hydrogen) atoms. The van der Waals surface area contributed by atoms with Gasteiger partial charge in [-0.2, -0.15) is 0 Å². The second-order valence-electron chi connectivity index (χ2n) is 5.46. The van der Waals surface area contributed by atoms with Crippen molar-refractivity contribution in [2.24, 2.45) is 0 Å². The summed E-state index contributed by atoms with van der Waals surface area (Å²) in [6, 6.07) is 6.53. The number of nitrogens with one attached hydrogen (secondary N) is 1. The average molecular weight is 257 g/mol. The van der Waals surface area contributed by atoms with E-state index in [9.17, 15) is 4.79 Å². The summed E-state index contributed by atoms with van der Waals surface area (Å²) in [5.74, 6) is 1.81. The fraction of sp³-hybridized carbons (Fsp3) is 0.438. The average Bonchev–Trinajstić information content (AvgIpc) is 3.02. The Hall–Kier alpha value is -1.77. The molecule has 1 amide bonds. The molecular weight excluding hydrogens is 238 g/mol. The molecule has 0 aliphatic carbocycles. The van der Waals surface area contributed by atoms with Crippen molar-refractivity contribution in [3.63, 3.8) is 0 Å². The van der Waals surface area contributed by atoms with Crippen LogP contribution >= 0.6 is 0 Å². The first-order valence-corrected chi connectivity index (χ1v) is 6.96. The zero-order valence-electron chi connectivity index (χ0n) is 11.4. The lowest BCUT2D eigenvalue weighted by Gasteiger charge is -2.09. The number of benzene rings is 1. The third kappa shape index (κ3) is 2.14. The Morgan fingerprint density at radius 3 is 3.00 bits per heavy atom. The van der Waals surface area contributed by atoms with Crippen LogP contribution in [0.2, 0.25) is 0 Å². The zero-order valence-corrected chi connectivity index (χ0v) is 11.4. The predicted octanol–water partition coefficient (Wildman–Crippen LogP) is 3.55. The normalized spacial score (nSPS) is 20.7. The molecule has 0 spiro atoms. The second-order valence-corrected chi connectivity index (χ2v) is 5.46. The standard InChI is InChI=1S/C16H19NO2/c1-3-10(2)11-4-5-14-13(6-11)9-19-16(14)12-7-15(18)17-8-12/h4-6,9-10,12H,3,7-8H2,1-2H3,(H,17,18). The molecule has 0 radical (unpaired) electrons. The van der Waals surface area contributed by atoms with Gasteiger partial charge in [0.05, 0.1) is 6.26 Å². The molecule has 1 N–H and O–H groups in total. The molecule has 1 aliphatic heterocycles. The highest BCUT2D eigenvalue weighted by atomic mass is 16.3. The molecule has 2 aromatic rings. The van der Waals surface area contributed by atoms with Crippen molar-refractivity contribution >= 4 is 16.7 Å². The molecular formula is C16H19NO2. The summed E-state index contributed by atoms with van der Waals surface area (Å²) in [5.41, 5.74) is 1.35. The van der Waals surface area contributed by atoms with Crippen LogP contribution in [-0.2, 0) is 4.79 Å². The van der Waals surface area contributed by atoms with E-state index in [4.69, 9.17) is 4.42 Å². The largest absolute Gasteiger partial charge is 0.468 e.